The number of nitrogens with one attached hydrogen (secondary N) is 2. The second-order valence-corrected chi connectivity index (χ2v) is 9.60. The molecular formula is C23H21BrN4O4S. The number of amides is 2. The van der Waals surface area contributed by atoms with Gasteiger partial charge in [-0.1, -0.05) is 30.3 Å². The number of H-pyrrole nitrogens is 1. The number of hydrogen-bond acceptors (Lipinski definition) is 6. The molecule has 170 valence electrons. The minimum atomic E-state index is -0.837. The van der Waals surface area contributed by atoms with Crippen molar-refractivity contribution in [2.75, 3.05) is 13.7 Å². The first-order chi connectivity index (χ1) is 16.0. The Hall–Kier alpha value is -3.11. The highest BCUT2D eigenvalue weighted by Crippen LogP contribution is 2.38. The van der Waals surface area contributed by atoms with E-state index in [9.17, 15) is 9.59 Å². The van der Waals surface area contributed by atoms with E-state index in [0.29, 0.717) is 16.8 Å². The number of rotatable bonds is 5. The van der Waals surface area contributed by atoms with Crippen molar-refractivity contribution in [2.24, 2.45) is 0 Å². The molecule has 4 aromatic rings. The average molecular weight is 529 g/mol. The number of aromatic amines is 1. The second-order valence-electron chi connectivity index (χ2n) is 7.73. The molecule has 10 heteroatoms. The molecule has 1 aromatic carbocycles. The van der Waals surface area contributed by atoms with Crippen LogP contribution in [0.1, 0.15) is 36.3 Å². The molecule has 33 heavy (non-hydrogen) atoms. The van der Waals surface area contributed by atoms with Crippen LogP contribution < -0.4 is 5.32 Å². The lowest BCUT2D eigenvalue weighted by Gasteiger charge is -2.28. The number of carbonyl (C=O) groups excluding carboxylic acids is 2. The van der Waals surface area contributed by atoms with E-state index in [4.69, 9.17) is 14.1 Å². The zero-order valence-corrected chi connectivity index (χ0v) is 20.1. The number of halogens is 1. The van der Waals surface area contributed by atoms with Crippen molar-refractivity contribution < 1.29 is 18.7 Å². The van der Waals surface area contributed by atoms with Crippen LogP contribution in [-0.2, 0) is 9.53 Å². The molecule has 1 fully saturated rings. The number of nitrogens with zero attached hydrogens (tertiary/aromatic N) is 2. The number of aromatic nitrogens is 2. The van der Waals surface area contributed by atoms with E-state index in [1.54, 1.807) is 16.2 Å². The third kappa shape index (κ3) is 4.28. The summed E-state index contributed by atoms with van der Waals surface area (Å²) in [4.78, 5) is 36.4. The van der Waals surface area contributed by atoms with E-state index in [2.05, 4.69) is 26.2 Å². The average Bonchev–Trinajstić information content (AvgIpc) is 3.60. The largest absolute Gasteiger partial charge is 0.453 e. The third-order valence-electron chi connectivity index (χ3n) is 5.71. The summed E-state index contributed by atoms with van der Waals surface area (Å²) in [5.74, 6) is 0.539. The van der Waals surface area contributed by atoms with Gasteiger partial charge in [-0.25, -0.2) is 9.78 Å². The molecule has 4 heterocycles. The molecule has 0 bridgehead atoms. The van der Waals surface area contributed by atoms with E-state index in [-0.39, 0.29) is 11.9 Å². The number of likely N-dealkylation sites (tertiary alicyclic amines) is 1. The van der Waals surface area contributed by atoms with Gasteiger partial charge in [-0.3, -0.25) is 4.79 Å². The van der Waals surface area contributed by atoms with Gasteiger partial charge in [0.1, 0.15) is 17.4 Å². The number of ether oxygens (including phenoxy) is 1. The van der Waals surface area contributed by atoms with Gasteiger partial charge in [-0.2, -0.15) is 0 Å². The number of carbonyl (C=O) groups is 2. The first-order valence-corrected chi connectivity index (χ1v) is 12.1. The fraction of sp³-hybridized carbons (Fsp3) is 0.261. The predicted molar refractivity (Wildman–Crippen MR) is 128 cm³/mol. The van der Waals surface area contributed by atoms with E-state index in [0.717, 1.165) is 39.5 Å². The first kappa shape index (κ1) is 21.7. The van der Waals surface area contributed by atoms with Crippen LogP contribution in [0.4, 0.5) is 4.79 Å². The summed E-state index contributed by atoms with van der Waals surface area (Å²) in [5, 5.41) is 2.68. The molecular weight excluding hydrogens is 508 g/mol. The lowest BCUT2D eigenvalue weighted by Crippen LogP contribution is -2.42. The van der Waals surface area contributed by atoms with Crippen molar-refractivity contribution in [3.8, 4) is 10.6 Å². The van der Waals surface area contributed by atoms with Gasteiger partial charge in [0.05, 0.1) is 28.4 Å². The minimum absolute atomic E-state index is 0.189. The van der Waals surface area contributed by atoms with Crippen molar-refractivity contribution in [3.63, 3.8) is 0 Å². The molecule has 2 amide bonds. The normalized spacial score (nSPS) is 16.8. The first-order valence-electron chi connectivity index (χ1n) is 10.5. The number of benzene rings is 1. The molecule has 0 saturated carbocycles. The van der Waals surface area contributed by atoms with Gasteiger partial charge < -0.3 is 24.4 Å². The van der Waals surface area contributed by atoms with Crippen molar-refractivity contribution in [3.05, 3.63) is 64.7 Å². The van der Waals surface area contributed by atoms with Crippen LogP contribution in [0.3, 0.4) is 0 Å². The number of thiophene rings is 1. The lowest BCUT2D eigenvalue weighted by atomic mass is 10.1. The molecule has 1 aliphatic heterocycles. The van der Waals surface area contributed by atoms with Gasteiger partial charge in [0.15, 0.2) is 4.67 Å². The van der Waals surface area contributed by atoms with Crippen LogP contribution >= 0.6 is 27.3 Å². The van der Waals surface area contributed by atoms with Gasteiger partial charge >= 0.3 is 6.09 Å². The number of furan rings is 1. The van der Waals surface area contributed by atoms with Crippen LogP contribution in [0.15, 0.2) is 57.7 Å². The molecule has 0 radical (unpaired) electrons. The highest BCUT2D eigenvalue weighted by Gasteiger charge is 2.37. The number of alkyl carbamates (subject to hydrolysis) is 1. The zero-order valence-electron chi connectivity index (χ0n) is 17.7. The Morgan fingerprint density at radius 1 is 1.33 bits per heavy atom. The van der Waals surface area contributed by atoms with Crippen LogP contribution in [0, 0.1) is 0 Å². The van der Waals surface area contributed by atoms with Gasteiger partial charge in [-0.15, -0.1) is 11.3 Å². The fourth-order valence-electron chi connectivity index (χ4n) is 4.16. The maximum absolute atomic E-state index is 13.6. The number of methoxy groups -OCH3 is 1. The Labute approximate surface area is 202 Å². The summed E-state index contributed by atoms with van der Waals surface area (Å²) in [6.45, 7) is 0.589. The van der Waals surface area contributed by atoms with Crippen molar-refractivity contribution in [1.82, 2.24) is 20.2 Å². The van der Waals surface area contributed by atoms with Crippen molar-refractivity contribution in [1.29, 1.82) is 0 Å². The number of fused-ring (bicyclic) bond motifs is 1. The molecule has 0 spiro atoms. The highest BCUT2D eigenvalue weighted by atomic mass is 79.9. The highest BCUT2D eigenvalue weighted by molar-refractivity contribution is 9.10. The Bertz CT molecular complexity index is 1270. The van der Waals surface area contributed by atoms with Crippen LogP contribution in [-0.4, -0.2) is 40.5 Å². The SMILES string of the molecule is COC(=O)N[C@@H](C(=O)N1CCC[C@H]1c1nc(-c2cc3oc(Br)cc3s2)c[nH]1)c1ccccc1. The lowest BCUT2D eigenvalue weighted by molar-refractivity contribution is -0.134. The number of hydrogen-bond donors (Lipinski definition) is 2. The van der Waals surface area contributed by atoms with Crippen LogP contribution in [0.2, 0.25) is 0 Å². The molecule has 0 unspecified atom stereocenters. The summed E-state index contributed by atoms with van der Waals surface area (Å²) in [5.41, 5.74) is 2.32. The molecule has 1 saturated heterocycles. The topological polar surface area (TPSA) is 100 Å². The predicted octanol–water partition coefficient (Wildman–Crippen LogP) is 5.41. The standard InChI is InChI=1S/C23H21BrN4O4S/c1-31-23(30)27-20(13-6-3-2-4-7-13)22(29)28-9-5-8-15(28)21-25-12-14(26-21)17-10-16-18(33-17)11-19(24)32-16/h2-4,6-7,10-12,15,20H,5,8-9H2,1H3,(H,25,26)(H,27,30)/t15-,20+/m0/s1. The third-order valence-corrected chi connectivity index (χ3v) is 7.18. The molecule has 5 rings (SSSR count). The van der Waals surface area contributed by atoms with Gasteiger partial charge in [0.2, 0.25) is 0 Å². The monoisotopic (exact) mass is 528 g/mol. The van der Waals surface area contributed by atoms with E-state index in [1.807, 2.05) is 48.7 Å². The Kier molecular flexibility index (Phi) is 5.94. The van der Waals surface area contributed by atoms with Gasteiger partial charge in [0, 0.05) is 24.9 Å². The fourth-order valence-corrected chi connectivity index (χ4v) is 5.69. The van der Waals surface area contributed by atoms with Crippen molar-refractivity contribution >= 4 is 49.6 Å². The summed E-state index contributed by atoms with van der Waals surface area (Å²) < 4.78 is 12.1. The molecule has 2 atom stereocenters. The van der Waals surface area contributed by atoms with Crippen LogP contribution in [0.5, 0.6) is 0 Å². The zero-order chi connectivity index (χ0) is 22.9. The molecule has 1 aliphatic rings. The maximum Gasteiger partial charge on any atom is 0.407 e. The second kappa shape index (κ2) is 9.03. The van der Waals surface area contributed by atoms with Gasteiger partial charge in [-0.05, 0) is 34.3 Å². The maximum atomic E-state index is 13.6. The summed E-state index contributed by atoms with van der Waals surface area (Å²) in [6.07, 6.45) is 2.85. The molecule has 2 N–H and O–H groups in total. The van der Waals surface area contributed by atoms with Gasteiger partial charge in [0.25, 0.3) is 5.91 Å². The van der Waals surface area contributed by atoms with Crippen LogP contribution in [0.25, 0.3) is 20.9 Å². The minimum Gasteiger partial charge on any atom is -0.453 e. The van der Waals surface area contributed by atoms with E-state index < -0.39 is 12.1 Å². The molecule has 3 aromatic heterocycles. The Morgan fingerprint density at radius 2 is 2.15 bits per heavy atom. The van der Waals surface area contributed by atoms with Crippen molar-refractivity contribution in [2.45, 2.75) is 24.9 Å². The summed E-state index contributed by atoms with van der Waals surface area (Å²) in [7, 11) is 1.28. The molecule has 8 nitrogen and oxygen atoms in total. The smallest absolute Gasteiger partial charge is 0.407 e. The number of imidazole rings is 1. The summed E-state index contributed by atoms with van der Waals surface area (Å²) in [6, 6.07) is 12.0. The Balaban J connectivity index is 1.40. The summed E-state index contributed by atoms with van der Waals surface area (Å²) >= 11 is 4.95. The van der Waals surface area contributed by atoms with E-state index in [1.165, 1.54) is 7.11 Å². The quantitative estimate of drug-likeness (QED) is 0.360. The Morgan fingerprint density at radius 3 is 2.91 bits per heavy atom. The molecule has 0 aliphatic carbocycles. The van der Waals surface area contributed by atoms with E-state index >= 15 is 0 Å².